The van der Waals surface area contributed by atoms with Crippen molar-refractivity contribution in [1.29, 1.82) is 0 Å². The molecule has 144 valence electrons. The zero-order valence-corrected chi connectivity index (χ0v) is 15.9. The number of halogens is 3. The highest BCUT2D eigenvalue weighted by Crippen LogP contribution is 2.46. The zero-order chi connectivity index (χ0) is 18.5. The average molecular weight is 361 g/mol. The van der Waals surface area contributed by atoms with Gasteiger partial charge in [-0.25, -0.2) is 13.2 Å². The van der Waals surface area contributed by atoms with Gasteiger partial charge in [-0.05, 0) is 52.9 Å². The topological polar surface area (TPSA) is 21.7 Å². The Labute approximate surface area is 149 Å². The number of hydrogen-bond donors (Lipinski definition) is 0. The molecule has 25 heavy (non-hydrogen) atoms. The molecule has 0 aromatic rings. The van der Waals surface area contributed by atoms with Crippen LogP contribution < -0.4 is 0 Å². The monoisotopic (exact) mass is 361 g/mol. The van der Waals surface area contributed by atoms with E-state index in [0.717, 1.165) is 19.4 Å². The van der Waals surface area contributed by atoms with Crippen LogP contribution in [0, 0.1) is 5.92 Å². The second kappa shape index (κ2) is 6.72. The lowest BCUT2D eigenvalue weighted by Gasteiger charge is -2.38. The Morgan fingerprint density at radius 1 is 1.00 bits per heavy atom. The summed E-state index contributed by atoms with van der Waals surface area (Å²) in [4.78, 5) is 2.07. The summed E-state index contributed by atoms with van der Waals surface area (Å²) < 4.78 is 53.4. The molecule has 3 rings (SSSR count). The Kier molecular flexibility index (Phi) is 5.24. The van der Waals surface area contributed by atoms with Crippen LogP contribution in [0.2, 0.25) is 5.82 Å². The first-order chi connectivity index (χ1) is 11.5. The summed E-state index contributed by atoms with van der Waals surface area (Å²) >= 11 is 0. The number of hydrogen-bond acceptors (Lipinski definition) is 3. The summed E-state index contributed by atoms with van der Waals surface area (Å²) in [5, 5.41) is 0. The van der Waals surface area contributed by atoms with Gasteiger partial charge in [0.25, 0.3) is 5.92 Å². The minimum atomic E-state index is -2.52. The van der Waals surface area contributed by atoms with E-state index in [2.05, 4.69) is 4.90 Å². The fourth-order valence-electron chi connectivity index (χ4n) is 4.18. The third-order valence-electron chi connectivity index (χ3n) is 6.66. The molecule has 0 N–H and O–H groups in total. The van der Waals surface area contributed by atoms with Gasteiger partial charge in [-0.15, -0.1) is 0 Å². The van der Waals surface area contributed by atoms with Gasteiger partial charge in [0.2, 0.25) is 0 Å². The Morgan fingerprint density at radius 2 is 1.56 bits per heavy atom. The molecule has 7 heteroatoms. The Hall–Kier alpha value is -0.265. The molecule has 0 radical (unpaired) electrons. The molecule has 0 aromatic heterocycles. The molecule has 3 unspecified atom stereocenters. The van der Waals surface area contributed by atoms with Crippen LogP contribution >= 0.6 is 0 Å². The van der Waals surface area contributed by atoms with E-state index in [9.17, 15) is 13.2 Å². The van der Waals surface area contributed by atoms with Gasteiger partial charge in [-0.2, -0.15) is 0 Å². The molecular weight excluding hydrogens is 330 g/mol. The first-order valence-corrected chi connectivity index (χ1v) is 9.59. The maximum atomic E-state index is 14.8. The van der Waals surface area contributed by atoms with Crippen molar-refractivity contribution >= 4 is 7.12 Å². The number of likely N-dealkylation sites (tertiary alicyclic amines) is 1. The lowest BCUT2D eigenvalue weighted by atomic mass is 9.61. The zero-order valence-electron chi connectivity index (χ0n) is 15.9. The molecule has 1 saturated carbocycles. The summed E-state index contributed by atoms with van der Waals surface area (Å²) in [6, 6.07) is 0. The molecular formula is C18H31BF3NO2. The van der Waals surface area contributed by atoms with Crippen LogP contribution in [0.15, 0.2) is 0 Å². The van der Waals surface area contributed by atoms with Crippen molar-refractivity contribution in [2.45, 2.75) is 88.9 Å². The van der Waals surface area contributed by atoms with Gasteiger partial charge in [-0.3, -0.25) is 0 Å². The van der Waals surface area contributed by atoms with Crippen molar-refractivity contribution in [1.82, 2.24) is 4.90 Å². The third-order valence-corrected chi connectivity index (χ3v) is 6.66. The number of alkyl halides is 3. The van der Waals surface area contributed by atoms with Crippen molar-refractivity contribution in [3.8, 4) is 0 Å². The van der Waals surface area contributed by atoms with Gasteiger partial charge in [-0.1, -0.05) is 0 Å². The third kappa shape index (κ3) is 4.19. The van der Waals surface area contributed by atoms with Gasteiger partial charge in [0.15, 0.2) is 0 Å². The highest BCUT2D eigenvalue weighted by Gasteiger charge is 2.56. The second-order valence-electron chi connectivity index (χ2n) is 9.14. The van der Waals surface area contributed by atoms with E-state index in [-0.39, 0.29) is 24.6 Å². The molecule has 2 saturated heterocycles. The molecule has 0 bridgehead atoms. The first kappa shape index (κ1) is 19.5. The van der Waals surface area contributed by atoms with E-state index in [1.54, 1.807) is 0 Å². The number of piperidine rings is 1. The minimum Gasteiger partial charge on any atom is -0.403 e. The van der Waals surface area contributed by atoms with Crippen molar-refractivity contribution in [2.24, 2.45) is 5.92 Å². The van der Waals surface area contributed by atoms with Gasteiger partial charge in [0.1, 0.15) is 6.17 Å². The van der Waals surface area contributed by atoms with E-state index in [1.165, 1.54) is 0 Å². The van der Waals surface area contributed by atoms with Gasteiger partial charge >= 0.3 is 7.12 Å². The van der Waals surface area contributed by atoms with Crippen LogP contribution in [-0.2, 0) is 9.31 Å². The van der Waals surface area contributed by atoms with E-state index in [4.69, 9.17) is 9.31 Å². The van der Waals surface area contributed by atoms with Gasteiger partial charge in [0.05, 0.1) is 11.2 Å². The van der Waals surface area contributed by atoms with Crippen LogP contribution in [0.1, 0.15) is 59.8 Å². The summed E-state index contributed by atoms with van der Waals surface area (Å²) in [5.41, 5.74) is -0.874. The summed E-state index contributed by atoms with van der Waals surface area (Å²) in [7, 11) is -0.491. The Balaban J connectivity index is 1.50. The molecule has 3 aliphatic rings. The van der Waals surface area contributed by atoms with Crippen LogP contribution in [0.3, 0.4) is 0 Å². The van der Waals surface area contributed by atoms with Crippen molar-refractivity contribution in [3.63, 3.8) is 0 Å². The fraction of sp³-hybridized carbons (Fsp3) is 1.00. The minimum absolute atomic E-state index is 0.0741. The first-order valence-electron chi connectivity index (χ1n) is 9.59. The smallest absolute Gasteiger partial charge is 0.403 e. The van der Waals surface area contributed by atoms with E-state index in [0.29, 0.717) is 19.5 Å². The SMILES string of the molecule is CC1(C)OB(C2CCC(CN3CCC(F)(F)CC3)CC2F)OC1(C)C. The Bertz CT molecular complexity index is 463. The summed E-state index contributed by atoms with van der Waals surface area (Å²) in [6.07, 6.45) is 1.00. The lowest BCUT2D eigenvalue weighted by molar-refractivity contribution is -0.0588. The molecule has 2 heterocycles. The van der Waals surface area contributed by atoms with E-state index < -0.39 is 30.4 Å². The maximum absolute atomic E-state index is 14.8. The number of nitrogens with zero attached hydrogens (tertiary/aromatic N) is 1. The molecule has 3 nitrogen and oxygen atoms in total. The van der Waals surface area contributed by atoms with Crippen LogP contribution in [-0.4, -0.2) is 54.9 Å². The highest BCUT2D eigenvalue weighted by molar-refractivity contribution is 6.47. The van der Waals surface area contributed by atoms with Crippen molar-refractivity contribution in [2.75, 3.05) is 19.6 Å². The predicted molar refractivity (Wildman–Crippen MR) is 92.7 cm³/mol. The average Bonchev–Trinajstić information content (AvgIpc) is 2.69. The molecule has 3 atom stereocenters. The lowest BCUT2D eigenvalue weighted by Crippen LogP contribution is -2.43. The quantitative estimate of drug-likeness (QED) is 0.699. The largest absolute Gasteiger partial charge is 0.464 e. The van der Waals surface area contributed by atoms with Crippen molar-refractivity contribution in [3.05, 3.63) is 0 Å². The van der Waals surface area contributed by atoms with Gasteiger partial charge < -0.3 is 14.2 Å². The molecule has 0 spiro atoms. The van der Waals surface area contributed by atoms with Crippen LogP contribution in [0.5, 0.6) is 0 Å². The van der Waals surface area contributed by atoms with E-state index in [1.807, 2.05) is 27.7 Å². The van der Waals surface area contributed by atoms with Crippen LogP contribution in [0.25, 0.3) is 0 Å². The summed E-state index contributed by atoms with van der Waals surface area (Å²) in [6.45, 7) is 9.50. The highest BCUT2D eigenvalue weighted by atomic mass is 19.3. The summed E-state index contributed by atoms with van der Waals surface area (Å²) in [5.74, 6) is -2.52. The molecule has 0 aromatic carbocycles. The molecule has 1 aliphatic carbocycles. The normalized spacial score (nSPS) is 38.0. The molecule has 3 fully saturated rings. The van der Waals surface area contributed by atoms with Crippen molar-refractivity contribution < 1.29 is 22.5 Å². The maximum Gasteiger partial charge on any atom is 0.464 e. The second-order valence-corrected chi connectivity index (χ2v) is 9.14. The van der Waals surface area contributed by atoms with E-state index >= 15 is 0 Å². The molecule has 0 amide bonds. The number of rotatable bonds is 3. The Morgan fingerprint density at radius 3 is 2.08 bits per heavy atom. The van der Waals surface area contributed by atoms with Crippen LogP contribution in [0.4, 0.5) is 13.2 Å². The van der Waals surface area contributed by atoms with Gasteiger partial charge in [0, 0.05) is 38.3 Å². The molecule has 2 aliphatic heterocycles. The fourth-order valence-corrected chi connectivity index (χ4v) is 4.18. The standard InChI is InChI=1S/C18H31BF3NO2/c1-16(2)17(3,4)25-19(24-16)14-6-5-13(11-15(14)20)12-23-9-7-18(21,22)8-10-23/h13-15H,5-12H2,1-4H3. The predicted octanol–water partition coefficient (Wildman–Crippen LogP) is 4.32.